The van der Waals surface area contributed by atoms with Gasteiger partial charge in [-0.25, -0.2) is 4.98 Å². The summed E-state index contributed by atoms with van der Waals surface area (Å²) in [5.74, 6) is 1.35. The molecule has 0 saturated carbocycles. The summed E-state index contributed by atoms with van der Waals surface area (Å²) in [4.78, 5) is 6.92. The van der Waals surface area contributed by atoms with Crippen molar-refractivity contribution < 1.29 is 22.6 Å². The molecule has 5 rings (SSSR count). The molecule has 0 aliphatic carbocycles. The lowest BCUT2D eigenvalue weighted by Gasteiger charge is -2.28. The van der Waals surface area contributed by atoms with E-state index in [1.807, 2.05) is 30.5 Å². The van der Waals surface area contributed by atoms with Gasteiger partial charge in [0.25, 0.3) is 0 Å². The quantitative estimate of drug-likeness (QED) is 0.317. The van der Waals surface area contributed by atoms with E-state index in [-0.39, 0.29) is 6.04 Å². The number of benzene rings is 2. The third-order valence-corrected chi connectivity index (χ3v) is 6.63. The van der Waals surface area contributed by atoms with Gasteiger partial charge in [-0.2, -0.15) is 13.2 Å². The fourth-order valence-corrected chi connectivity index (χ4v) is 4.93. The first-order valence-electron chi connectivity index (χ1n) is 11.5. The molecule has 1 fully saturated rings. The largest absolute Gasteiger partial charge is 0.493 e. The van der Waals surface area contributed by atoms with Crippen molar-refractivity contribution in [3.8, 4) is 11.5 Å². The number of aromatic nitrogens is 2. The molecular formula is C27H26F3N3O2. The Labute approximate surface area is 201 Å². The number of ether oxygens (including phenoxy) is 2. The van der Waals surface area contributed by atoms with Crippen LogP contribution in [0, 0.1) is 0 Å². The van der Waals surface area contributed by atoms with Crippen LogP contribution >= 0.6 is 0 Å². The lowest BCUT2D eigenvalue weighted by molar-refractivity contribution is -0.137. The molecule has 0 radical (unpaired) electrons. The van der Waals surface area contributed by atoms with Crippen molar-refractivity contribution in [2.75, 3.05) is 25.7 Å². The molecule has 1 aliphatic rings. The van der Waals surface area contributed by atoms with Gasteiger partial charge in [0.1, 0.15) is 5.65 Å². The van der Waals surface area contributed by atoms with Gasteiger partial charge in [0.05, 0.1) is 25.8 Å². The molecule has 35 heavy (non-hydrogen) atoms. The Morgan fingerprint density at radius 3 is 2.46 bits per heavy atom. The second-order valence-electron chi connectivity index (χ2n) is 8.67. The second-order valence-corrected chi connectivity index (χ2v) is 8.67. The summed E-state index contributed by atoms with van der Waals surface area (Å²) in [6.45, 7) is 1.45. The van der Waals surface area contributed by atoms with Crippen molar-refractivity contribution in [2.24, 2.45) is 0 Å². The van der Waals surface area contributed by atoms with Gasteiger partial charge in [-0.3, -0.25) is 0 Å². The first-order chi connectivity index (χ1) is 16.9. The number of hydrogen-bond acceptors (Lipinski definition) is 4. The lowest BCUT2D eigenvalue weighted by Crippen LogP contribution is -2.23. The summed E-state index contributed by atoms with van der Waals surface area (Å²) in [6, 6.07) is 15.5. The monoisotopic (exact) mass is 481 g/mol. The number of pyridine rings is 1. The molecular weight excluding hydrogens is 455 g/mol. The van der Waals surface area contributed by atoms with Crippen molar-refractivity contribution in [1.82, 2.24) is 9.55 Å². The summed E-state index contributed by atoms with van der Waals surface area (Å²) in [5.41, 5.74) is 3.23. The van der Waals surface area contributed by atoms with Crippen molar-refractivity contribution in [1.29, 1.82) is 0 Å². The average Bonchev–Trinajstić information content (AvgIpc) is 3.51. The lowest BCUT2D eigenvalue weighted by atomic mass is 10.0. The molecule has 1 atom stereocenters. The Morgan fingerprint density at radius 2 is 1.74 bits per heavy atom. The van der Waals surface area contributed by atoms with Crippen molar-refractivity contribution in [3.63, 3.8) is 0 Å². The third kappa shape index (κ3) is 4.40. The van der Waals surface area contributed by atoms with Crippen molar-refractivity contribution in [2.45, 2.75) is 31.6 Å². The molecule has 5 nitrogen and oxygen atoms in total. The highest BCUT2D eigenvalue weighted by atomic mass is 19.4. The van der Waals surface area contributed by atoms with Crippen LogP contribution in [0.2, 0.25) is 0 Å². The Hall–Kier alpha value is -3.68. The minimum Gasteiger partial charge on any atom is -0.493 e. The number of rotatable bonds is 6. The van der Waals surface area contributed by atoms with E-state index in [0.717, 1.165) is 47.2 Å². The van der Waals surface area contributed by atoms with Gasteiger partial charge in [-0.15, -0.1) is 0 Å². The zero-order chi connectivity index (χ0) is 24.6. The molecule has 4 aromatic rings. The van der Waals surface area contributed by atoms with Crippen molar-refractivity contribution in [3.05, 3.63) is 83.7 Å². The number of alkyl halides is 3. The minimum absolute atomic E-state index is 0.0251. The van der Waals surface area contributed by atoms with Gasteiger partial charge in [0.2, 0.25) is 0 Å². The highest BCUT2D eigenvalue weighted by Gasteiger charge is 2.32. The van der Waals surface area contributed by atoms with Gasteiger partial charge in [0, 0.05) is 36.6 Å². The number of halogens is 3. The molecule has 0 N–H and O–H groups in total. The van der Waals surface area contributed by atoms with Gasteiger partial charge in [0.15, 0.2) is 11.5 Å². The molecule has 182 valence electrons. The summed E-state index contributed by atoms with van der Waals surface area (Å²) in [6.07, 6.45) is 1.34. The van der Waals surface area contributed by atoms with Crippen LogP contribution in [0.15, 0.2) is 67.0 Å². The van der Waals surface area contributed by atoms with Gasteiger partial charge in [-0.1, -0.05) is 18.2 Å². The first-order valence-corrected chi connectivity index (χ1v) is 11.5. The average molecular weight is 482 g/mol. The summed E-state index contributed by atoms with van der Waals surface area (Å²) in [5, 5.41) is 1.02. The molecule has 2 aromatic heterocycles. The highest BCUT2D eigenvalue weighted by molar-refractivity contribution is 5.90. The SMILES string of the molecule is COc1ccc(Cn2ccc3c(N4CCCC4c4ccc(C(F)(F)F)cc4)ccnc32)cc1OC. The Kier molecular flexibility index (Phi) is 6.05. The molecule has 0 spiro atoms. The van der Waals surface area contributed by atoms with Crippen LogP contribution in [0.5, 0.6) is 11.5 Å². The molecule has 0 amide bonds. The van der Waals surface area contributed by atoms with E-state index in [4.69, 9.17) is 9.47 Å². The summed E-state index contributed by atoms with van der Waals surface area (Å²) < 4.78 is 51.9. The van der Waals surface area contributed by atoms with Crippen LogP contribution in [0.25, 0.3) is 11.0 Å². The van der Waals surface area contributed by atoms with E-state index in [1.165, 1.54) is 12.1 Å². The fraction of sp³-hybridized carbons (Fsp3) is 0.296. The molecule has 2 aromatic carbocycles. The standard InChI is InChI=1S/C27H26F3N3O2/c1-34-24-10-5-18(16-25(24)35-2)17-32-15-12-21-23(11-13-31-26(21)32)33-14-3-4-22(33)19-6-8-20(9-7-19)27(28,29)30/h5-13,15-16,22H,3-4,14,17H2,1-2H3. The Morgan fingerprint density at radius 1 is 0.971 bits per heavy atom. The van der Waals surface area contributed by atoms with E-state index in [1.54, 1.807) is 32.5 Å². The Bertz CT molecular complexity index is 1330. The normalized spacial score (nSPS) is 16.1. The summed E-state index contributed by atoms with van der Waals surface area (Å²) in [7, 11) is 3.22. The van der Waals surface area contributed by atoms with Crippen LogP contribution in [-0.4, -0.2) is 30.3 Å². The second kappa shape index (κ2) is 9.17. The smallest absolute Gasteiger partial charge is 0.416 e. The Balaban J connectivity index is 1.45. The zero-order valence-corrected chi connectivity index (χ0v) is 19.5. The van der Waals surface area contributed by atoms with E-state index in [0.29, 0.717) is 18.0 Å². The van der Waals surface area contributed by atoms with Crippen LogP contribution < -0.4 is 14.4 Å². The first kappa shape index (κ1) is 23.1. The maximum atomic E-state index is 13.0. The number of anilines is 1. The third-order valence-electron chi connectivity index (χ3n) is 6.63. The molecule has 1 aliphatic heterocycles. The van der Waals surface area contributed by atoms with Crippen LogP contribution in [-0.2, 0) is 12.7 Å². The molecule has 3 heterocycles. The predicted molar refractivity (Wildman–Crippen MR) is 129 cm³/mol. The van der Waals surface area contributed by atoms with E-state index >= 15 is 0 Å². The fourth-order valence-electron chi connectivity index (χ4n) is 4.93. The zero-order valence-electron chi connectivity index (χ0n) is 19.5. The highest BCUT2D eigenvalue weighted by Crippen LogP contribution is 2.40. The van der Waals surface area contributed by atoms with E-state index < -0.39 is 11.7 Å². The van der Waals surface area contributed by atoms with Gasteiger partial charge < -0.3 is 18.9 Å². The number of nitrogens with zero attached hydrogens (tertiary/aromatic N) is 3. The predicted octanol–water partition coefficient (Wildman–Crippen LogP) is 6.46. The number of fused-ring (bicyclic) bond motifs is 1. The van der Waals surface area contributed by atoms with Gasteiger partial charge in [-0.05, 0) is 60.4 Å². The summed E-state index contributed by atoms with van der Waals surface area (Å²) >= 11 is 0. The van der Waals surface area contributed by atoms with Crippen LogP contribution in [0.3, 0.4) is 0 Å². The molecule has 1 saturated heterocycles. The molecule has 8 heteroatoms. The number of methoxy groups -OCH3 is 2. The topological polar surface area (TPSA) is 39.5 Å². The van der Waals surface area contributed by atoms with E-state index in [9.17, 15) is 13.2 Å². The number of hydrogen-bond donors (Lipinski definition) is 0. The minimum atomic E-state index is -4.33. The van der Waals surface area contributed by atoms with Crippen LogP contribution in [0.1, 0.15) is 35.6 Å². The molecule has 1 unspecified atom stereocenters. The van der Waals surface area contributed by atoms with Crippen LogP contribution in [0.4, 0.5) is 18.9 Å². The van der Waals surface area contributed by atoms with Crippen molar-refractivity contribution >= 4 is 16.7 Å². The van der Waals surface area contributed by atoms with Gasteiger partial charge >= 0.3 is 6.18 Å². The van der Waals surface area contributed by atoms with E-state index in [2.05, 4.69) is 20.5 Å². The maximum Gasteiger partial charge on any atom is 0.416 e. The maximum absolute atomic E-state index is 13.0. The molecule has 0 bridgehead atoms.